The van der Waals surface area contributed by atoms with Gasteiger partial charge in [0.2, 0.25) is 10.0 Å². The molecule has 0 unspecified atom stereocenters. The van der Waals surface area contributed by atoms with Crippen LogP contribution in [0.1, 0.15) is 5.69 Å². The number of fused-ring (bicyclic) bond motifs is 1. The minimum atomic E-state index is -3.13. The van der Waals surface area contributed by atoms with E-state index in [1.807, 2.05) is 27.9 Å². The van der Waals surface area contributed by atoms with Gasteiger partial charge in [-0.1, -0.05) is 11.6 Å². The zero-order valence-corrected chi connectivity index (χ0v) is 13.0. The van der Waals surface area contributed by atoms with Gasteiger partial charge in [-0.3, -0.25) is 9.30 Å². The van der Waals surface area contributed by atoms with E-state index in [9.17, 15) is 8.42 Å². The molecule has 0 radical (unpaired) electrons. The fraction of sp³-hybridized carbons (Fsp3) is 0.500. The van der Waals surface area contributed by atoms with Gasteiger partial charge in [0.1, 0.15) is 0 Å². The Morgan fingerprint density at radius 2 is 2.32 bits per heavy atom. The van der Waals surface area contributed by atoms with Crippen LogP contribution in [0.15, 0.2) is 11.6 Å². The molecule has 2 heterocycles. The number of imidazole rings is 1. The van der Waals surface area contributed by atoms with E-state index in [1.54, 1.807) is 0 Å². The number of rotatable bonds is 6. The van der Waals surface area contributed by atoms with Gasteiger partial charge in [-0.2, -0.15) is 0 Å². The minimum absolute atomic E-state index is 0.374. The summed E-state index contributed by atoms with van der Waals surface area (Å²) in [6.07, 6.45) is 3.08. The lowest BCUT2D eigenvalue weighted by Gasteiger charge is -2.16. The lowest BCUT2D eigenvalue weighted by Crippen LogP contribution is -2.32. The second kappa shape index (κ2) is 5.76. The van der Waals surface area contributed by atoms with Gasteiger partial charge in [0, 0.05) is 31.2 Å². The highest BCUT2D eigenvalue weighted by molar-refractivity contribution is 7.88. The molecule has 0 saturated carbocycles. The molecule has 0 aliphatic carbocycles. The van der Waals surface area contributed by atoms with E-state index in [0.717, 1.165) is 16.9 Å². The van der Waals surface area contributed by atoms with Crippen LogP contribution in [-0.4, -0.2) is 49.1 Å². The Morgan fingerprint density at radius 3 is 3.00 bits per heavy atom. The quantitative estimate of drug-likeness (QED) is 0.862. The van der Waals surface area contributed by atoms with Crippen molar-refractivity contribution in [2.24, 2.45) is 0 Å². The van der Waals surface area contributed by atoms with Crippen LogP contribution in [0.25, 0.3) is 4.96 Å². The Bertz CT molecular complexity index is 664. The molecule has 0 aliphatic heterocycles. The van der Waals surface area contributed by atoms with E-state index in [-0.39, 0.29) is 0 Å². The summed E-state index contributed by atoms with van der Waals surface area (Å²) in [5, 5.41) is 2.45. The van der Waals surface area contributed by atoms with Crippen LogP contribution in [0.5, 0.6) is 0 Å². The topological polar surface area (TPSA) is 66.7 Å². The number of thiazole rings is 1. The molecule has 0 aromatic carbocycles. The molecule has 0 bridgehead atoms. The van der Waals surface area contributed by atoms with E-state index in [2.05, 4.69) is 9.71 Å². The number of hydrogen-bond donors (Lipinski definition) is 1. The number of aromatic nitrogens is 2. The highest BCUT2D eigenvalue weighted by atomic mass is 35.5. The van der Waals surface area contributed by atoms with Gasteiger partial charge in [-0.25, -0.2) is 18.1 Å². The van der Waals surface area contributed by atoms with Crippen molar-refractivity contribution in [1.29, 1.82) is 0 Å². The Labute approximate surface area is 121 Å². The number of halogens is 1. The van der Waals surface area contributed by atoms with Crippen LogP contribution < -0.4 is 4.72 Å². The summed E-state index contributed by atoms with van der Waals surface area (Å²) in [4.78, 5) is 7.11. The van der Waals surface area contributed by atoms with Crippen LogP contribution >= 0.6 is 22.9 Å². The first-order valence-corrected chi connectivity index (χ1v) is 8.75. The largest absolute Gasteiger partial charge is 0.299 e. The van der Waals surface area contributed by atoms with Gasteiger partial charge in [-0.15, -0.1) is 11.3 Å². The third-order valence-electron chi connectivity index (χ3n) is 2.59. The van der Waals surface area contributed by atoms with E-state index >= 15 is 0 Å². The Kier molecular flexibility index (Phi) is 4.46. The first kappa shape index (κ1) is 14.7. The van der Waals surface area contributed by atoms with Crippen molar-refractivity contribution in [2.75, 3.05) is 26.4 Å². The molecule has 0 atom stereocenters. The predicted molar refractivity (Wildman–Crippen MR) is 77.3 cm³/mol. The minimum Gasteiger partial charge on any atom is -0.299 e. The molecule has 1 N–H and O–H groups in total. The molecule has 0 amide bonds. The fourth-order valence-electron chi connectivity index (χ4n) is 1.70. The maximum atomic E-state index is 11.0. The second-order valence-corrected chi connectivity index (χ2v) is 7.37. The Balaban J connectivity index is 1.97. The van der Waals surface area contributed by atoms with Crippen LogP contribution in [0.3, 0.4) is 0 Å². The molecule has 2 rings (SSSR count). The summed E-state index contributed by atoms with van der Waals surface area (Å²) in [7, 11) is -1.23. The average molecular weight is 323 g/mol. The van der Waals surface area contributed by atoms with E-state index in [4.69, 9.17) is 11.6 Å². The molecule has 9 heteroatoms. The molecule has 0 spiro atoms. The lowest BCUT2D eigenvalue weighted by molar-refractivity contribution is 0.327. The third kappa shape index (κ3) is 3.90. The molecule has 0 fully saturated rings. The van der Waals surface area contributed by atoms with Gasteiger partial charge in [-0.05, 0) is 7.05 Å². The standard InChI is InChI=1S/C10H15ClN4O2S2/c1-14(4-3-12-19(2,16)17)7-8-9(11)13-10-15(8)5-6-18-10/h5-6,12H,3-4,7H2,1-2H3. The van der Waals surface area contributed by atoms with Crippen molar-refractivity contribution in [3.63, 3.8) is 0 Å². The molecular formula is C10H15ClN4O2S2. The smallest absolute Gasteiger partial charge is 0.208 e. The van der Waals surface area contributed by atoms with Crippen LogP contribution in [0, 0.1) is 0 Å². The summed E-state index contributed by atoms with van der Waals surface area (Å²) in [5.74, 6) is 0. The molecule has 106 valence electrons. The van der Waals surface area contributed by atoms with Gasteiger partial charge in [0.25, 0.3) is 0 Å². The number of likely N-dealkylation sites (N-methyl/N-ethyl adjacent to an activating group) is 1. The highest BCUT2D eigenvalue weighted by Gasteiger charge is 2.13. The molecule has 2 aromatic heterocycles. The highest BCUT2D eigenvalue weighted by Crippen LogP contribution is 2.22. The van der Waals surface area contributed by atoms with Gasteiger partial charge >= 0.3 is 0 Å². The Morgan fingerprint density at radius 1 is 1.58 bits per heavy atom. The summed E-state index contributed by atoms with van der Waals surface area (Å²) in [5.41, 5.74) is 0.916. The number of hydrogen-bond acceptors (Lipinski definition) is 5. The van der Waals surface area contributed by atoms with Crippen molar-refractivity contribution in [3.8, 4) is 0 Å². The van der Waals surface area contributed by atoms with Gasteiger partial charge < -0.3 is 0 Å². The molecule has 19 heavy (non-hydrogen) atoms. The van der Waals surface area contributed by atoms with Crippen LogP contribution in [0.2, 0.25) is 5.15 Å². The van der Waals surface area contributed by atoms with Crippen LogP contribution in [0.4, 0.5) is 0 Å². The molecule has 2 aromatic rings. The summed E-state index contributed by atoms with van der Waals surface area (Å²) in [6, 6.07) is 0. The van der Waals surface area contributed by atoms with Crippen molar-refractivity contribution in [1.82, 2.24) is 19.0 Å². The fourth-order valence-corrected chi connectivity index (χ4v) is 3.18. The Hall–Kier alpha value is -0.670. The maximum Gasteiger partial charge on any atom is 0.208 e. The van der Waals surface area contributed by atoms with Gasteiger partial charge in [0.15, 0.2) is 10.1 Å². The summed E-state index contributed by atoms with van der Waals surface area (Å²) < 4.78 is 26.3. The molecular weight excluding hydrogens is 308 g/mol. The number of sulfonamides is 1. The van der Waals surface area contributed by atoms with Crippen molar-refractivity contribution in [3.05, 3.63) is 22.4 Å². The average Bonchev–Trinajstić information content (AvgIpc) is 2.81. The lowest BCUT2D eigenvalue weighted by atomic mass is 10.4. The maximum absolute atomic E-state index is 11.0. The zero-order valence-electron chi connectivity index (χ0n) is 10.6. The number of nitrogens with one attached hydrogen (secondary N) is 1. The van der Waals surface area contributed by atoms with Gasteiger partial charge in [0.05, 0.1) is 11.9 Å². The SMILES string of the molecule is CN(CCNS(C)(=O)=O)Cc1c(Cl)nc2sccn12. The van der Waals surface area contributed by atoms with Crippen molar-refractivity contribution < 1.29 is 8.42 Å². The van der Waals surface area contributed by atoms with Crippen molar-refractivity contribution in [2.45, 2.75) is 6.54 Å². The van der Waals surface area contributed by atoms with E-state index in [0.29, 0.717) is 24.8 Å². The van der Waals surface area contributed by atoms with Crippen molar-refractivity contribution >= 4 is 37.9 Å². The van der Waals surface area contributed by atoms with E-state index in [1.165, 1.54) is 11.3 Å². The van der Waals surface area contributed by atoms with Crippen LogP contribution in [-0.2, 0) is 16.6 Å². The summed E-state index contributed by atoms with van der Waals surface area (Å²) in [6.45, 7) is 1.58. The molecule has 0 aliphatic rings. The normalized spacial score (nSPS) is 12.6. The monoisotopic (exact) mass is 322 g/mol. The molecule has 6 nitrogen and oxygen atoms in total. The molecule has 0 saturated heterocycles. The second-order valence-electron chi connectivity index (χ2n) is 4.31. The van der Waals surface area contributed by atoms with E-state index < -0.39 is 10.0 Å². The first-order valence-electron chi connectivity index (χ1n) is 5.60. The third-order valence-corrected chi connectivity index (χ3v) is 4.38. The zero-order chi connectivity index (χ0) is 14.0. The predicted octanol–water partition coefficient (Wildman–Crippen LogP) is 1.03. The summed E-state index contributed by atoms with van der Waals surface area (Å²) >= 11 is 7.62. The first-order chi connectivity index (χ1) is 8.87. The number of nitrogens with zero attached hydrogens (tertiary/aromatic N) is 3.